The molecule has 8 nitrogen and oxygen atoms in total. The van der Waals surface area contributed by atoms with Gasteiger partial charge in [0.15, 0.2) is 5.65 Å². The summed E-state index contributed by atoms with van der Waals surface area (Å²) in [5.74, 6) is 1.42. The van der Waals surface area contributed by atoms with Crippen LogP contribution in [0.3, 0.4) is 0 Å². The lowest BCUT2D eigenvalue weighted by Crippen LogP contribution is -2.27. The molecule has 0 spiro atoms. The van der Waals surface area contributed by atoms with Crippen molar-refractivity contribution in [1.29, 1.82) is 0 Å². The number of rotatable bonds is 6. The van der Waals surface area contributed by atoms with E-state index in [9.17, 15) is 5.11 Å². The summed E-state index contributed by atoms with van der Waals surface area (Å²) in [5.41, 5.74) is 7.63. The summed E-state index contributed by atoms with van der Waals surface area (Å²) in [4.78, 5) is 8.51. The number of benzene rings is 1. The number of ether oxygens (including phenoxy) is 1. The van der Waals surface area contributed by atoms with Crippen LogP contribution in [-0.2, 0) is 7.05 Å². The highest BCUT2D eigenvalue weighted by Crippen LogP contribution is 2.18. The van der Waals surface area contributed by atoms with Crippen LogP contribution in [0, 0.1) is 6.92 Å². The molecule has 0 aliphatic rings. The minimum absolute atomic E-state index is 0.167. The van der Waals surface area contributed by atoms with Crippen LogP contribution in [0.5, 0.6) is 5.75 Å². The van der Waals surface area contributed by atoms with E-state index in [4.69, 9.17) is 10.5 Å². The average Bonchev–Trinajstić information content (AvgIpc) is 2.93. The maximum absolute atomic E-state index is 10.0. The van der Waals surface area contributed by atoms with Gasteiger partial charge in [0.1, 0.15) is 24.3 Å². The third-order valence-corrected chi connectivity index (χ3v) is 3.55. The molecular formula is C16H20N6O2. The Morgan fingerprint density at radius 1 is 1.38 bits per heavy atom. The second-order valence-corrected chi connectivity index (χ2v) is 5.60. The van der Waals surface area contributed by atoms with Gasteiger partial charge in [-0.1, -0.05) is 12.1 Å². The molecule has 0 aliphatic heterocycles. The molecule has 8 heteroatoms. The van der Waals surface area contributed by atoms with Gasteiger partial charge in [-0.25, -0.2) is 0 Å². The van der Waals surface area contributed by atoms with Gasteiger partial charge in [-0.15, -0.1) is 0 Å². The van der Waals surface area contributed by atoms with Crippen molar-refractivity contribution in [3.05, 3.63) is 36.0 Å². The quantitative estimate of drug-likeness (QED) is 0.621. The zero-order chi connectivity index (χ0) is 17.1. The first-order chi connectivity index (χ1) is 11.5. The van der Waals surface area contributed by atoms with Crippen LogP contribution in [0.4, 0.5) is 11.8 Å². The third kappa shape index (κ3) is 3.54. The molecule has 1 aromatic carbocycles. The fourth-order valence-corrected chi connectivity index (χ4v) is 2.29. The number of nitrogens with zero attached hydrogens (tertiary/aromatic N) is 4. The average molecular weight is 328 g/mol. The van der Waals surface area contributed by atoms with E-state index in [0.29, 0.717) is 22.8 Å². The second-order valence-electron chi connectivity index (χ2n) is 5.60. The molecule has 3 rings (SSSR count). The van der Waals surface area contributed by atoms with E-state index in [1.54, 1.807) is 17.9 Å². The highest BCUT2D eigenvalue weighted by Gasteiger charge is 2.11. The number of anilines is 2. The number of nitrogens with one attached hydrogen (secondary N) is 1. The smallest absolute Gasteiger partial charge is 0.226 e. The number of hydrogen-bond acceptors (Lipinski definition) is 7. The molecule has 0 radical (unpaired) electrons. The van der Waals surface area contributed by atoms with Crippen LogP contribution in [0.2, 0.25) is 0 Å². The van der Waals surface area contributed by atoms with E-state index in [2.05, 4.69) is 20.4 Å². The van der Waals surface area contributed by atoms with Crippen LogP contribution < -0.4 is 15.8 Å². The molecule has 0 saturated heterocycles. The van der Waals surface area contributed by atoms with Crippen molar-refractivity contribution < 1.29 is 9.84 Å². The predicted molar refractivity (Wildman–Crippen MR) is 91.9 cm³/mol. The van der Waals surface area contributed by atoms with Gasteiger partial charge in [0, 0.05) is 13.6 Å². The topological polar surface area (TPSA) is 111 Å². The standard InChI is InChI=1S/C16H20N6O2/c1-10-4-3-5-12(6-10)24-9-11(23)7-18-16-20-14(17)13-8-19-22(2)15(13)21-16/h3-6,8,11,23H,7,9H2,1-2H3,(H3,17,18,20,21). The number of hydrogen-bond donors (Lipinski definition) is 3. The van der Waals surface area contributed by atoms with Crippen LogP contribution in [0.1, 0.15) is 5.56 Å². The lowest BCUT2D eigenvalue weighted by Gasteiger charge is -2.14. The third-order valence-electron chi connectivity index (χ3n) is 3.55. The molecule has 24 heavy (non-hydrogen) atoms. The Labute approximate surface area is 139 Å². The number of fused-ring (bicyclic) bond motifs is 1. The first-order valence-corrected chi connectivity index (χ1v) is 7.59. The Kier molecular flexibility index (Phi) is 4.48. The molecule has 2 aromatic heterocycles. The molecule has 0 saturated carbocycles. The van der Waals surface area contributed by atoms with Gasteiger partial charge < -0.3 is 20.9 Å². The Morgan fingerprint density at radius 3 is 3.00 bits per heavy atom. The maximum atomic E-state index is 10.0. The summed E-state index contributed by atoms with van der Waals surface area (Å²) in [6.45, 7) is 2.40. The Morgan fingerprint density at radius 2 is 2.21 bits per heavy atom. The lowest BCUT2D eigenvalue weighted by atomic mass is 10.2. The largest absolute Gasteiger partial charge is 0.491 e. The molecule has 1 unspecified atom stereocenters. The van der Waals surface area contributed by atoms with Crippen molar-refractivity contribution in [2.24, 2.45) is 7.05 Å². The molecular weight excluding hydrogens is 308 g/mol. The summed E-state index contributed by atoms with van der Waals surface area (Å²) in [5, 5.41) is 17.8. The lowest BCUT2D eigenvalue weighted by molar-refractivity contribution is 0.117. The first kappa shape index (κ1) is 16.0. The molecule has 0 bridgehead atoms. The van der Waals surface area contributed by atoms with E-state index >= 15 is 0 Å². The SMILES string of the molecule is Cc1cccc(OCC(O)CNc2nc(N)c3cnn(C)c3n2)c1. The van der Waals surface area contributed by atoms with Gasteiger partial charge in [-0.2, -0.15) is 15.1 Å². The summed E-state index contributed by atoms with van der Waals surface area (Å²) in [7, 11) is 1.78. The first-order valence-electron chi connectivity index (χ1n) is 7.59. The van der Waals surface area contributed by atoms with Crippen molar-refractivity contribution in [1.82, 2.24) is 19.7 Å². The van der Waals surface area contributed by atoms with E-state index in [1.807, 2.05) is 31.2 Å². The summed E-state index contributed by atoms with van der Waals surface area (Å²) < 4.78 is 7.19. The summed E-state index contributed by atoms with van der Waals surface area (Å²) in [6.07, 6.45) is 0.913. The molecule has 4 N–H and O–H groups in total. The highest BCUT2D eigenvalue weighted by molar-refractivity contribution is 5.86. The zero-order valence-corrected chi connectivity index (χ0v) is 13.6. The zero-order valence-electron chi connectivity index (χ0n) is 13.6. The van der Waals surface area contributed by atoms with Crippen LogP contribution in [0.25, 0.3) is 11.0 Å². The second kappa shape index (κ2) is 6.71. The molecule has 0 amide bonds. The van der Waals surface area contributed by atoms with Crippen molar-refractivity contribution in [2.45, 2.75) is 13.0 Å². The van der Waals surface area contributed by atoms with Gasteiger partial charge in [-0.05, 0) is 24.6 Å². The normalized spacial score (nSPS) is 12.3. The van der Waals surface area contributed by atoms with E-state index < -0.39 is 6.10 Å². The monoisotopic (exact) mass is 328 g/mol. The number of aromatic nitrogens is 4. The predicted octanol–water partition coefficient (Wildman–Crippen LogP) is 1.11. The Bertz CT molecular complexity index is 848. The minimum atomic E-state index is -0.711. The van der Waals surface area contributed by atoms with Crippen LogP contribution in [-0.4, -0.2) is 44.1 Å². The number of aliphatic hydroxyl groups is 1. The summed E-state index contributed by atoms with van der Waals surface area (Å²) >= 11 is 0. The fraction of sp³-hybridized carbons (Fsp3) is 0.312. The van der Waals surface area contributed by atoms with Crippen LogP contribution >= 0.6 is 0 Å². The molecule has 126 valence electrons. The highest BCUT2D eigenvalue weighted by atomic mass is 16.5. The van der Waals surface area contributed by atoms with Gasteiger partial charge in [0.05, 0.1) is 11.6 Å². The van der Waals surface area contributed by atoms with Crippen molar-refractivity contribution in [2.75, 3.05) is 24.2 Å². The molecule has 0 fully saturated rings. The molecule has 1 atom stereocenters. The van der Waals surface area contributed by atoms with Gasteiger partial charge >= 0.3 is 0 Å². The fourth-order valence-electron chi connectivity index (χ4n) is 2.29. The van der Waals surface area contributed by atoms with E-state index in [0.717, 1.165) is 11.3 Å². The molecule has 3 aromatic rings. The summed E-state index contributed by atoms with van der Waals surface area (Å²) in [6, 6.07) is 7.67. The van der Waals surface area contributed by atoms with Gasteiger partial charge in [0.2, 0.25) is 5.95 Å². The number of nitrogens with two attached hydrogens (primary N) is 1. The van der Waals surface area contributed by atoms with Gasteiger partial charge in [-0.3, -0.25) is 4.68 Å². The molecule has 0 aliphatic carbocycles. The maximum Gasteiger partial charge on any atom is 0.226 e. The van der Waals surface area contributed by atoms with Crippen molar-refractivity contribution in [3.63, 3.8) is 0 Å². The number of aliphatic hydroxyl groups excluding tert-OH is 1. The Balaban J connectivity index is 1.58. The van der Waals surface area contributed by atoms with Gasteiger partial charge in [0.25, 0.3) is 0 Å². The number of aryl methyl sites for hydroxylation is 2. The minimum Gasteiger partial charge on any atom is -0.491 e. The van der Waals surface area contributed by atoms with Crippen molar-refractivity contribution in [3.8, 4) is 5.75 Å². The van der Waals surface area contributed by atoms with E-state index in [-0.39, 0.29) is 13.2 Å². The van der Waals surface area contributed by atoms with Crippen molar-refractivity contribution >= 4 is 22.8 Å². The van der Waals surface area contributed by atoms with Crippen LogP contribution in [0.15, 0.2) is 30.5 Å². The number of nitrogen functional groups attached to an aromatic ring is 1. The molecule has 2 heterocycles. The Hall–Kier alpha value is -2.87. The van der Waals surface area contributed by atoms with E-state index in [1.165, 1.54) is 0 Å².